The Morgan fingerprint density at radius 1 is 1.53 bits per heavy atom. The zero-order valence-corrected chi connectivity index (χ0v) is 11.3. The maximum absolute atomic E-state index is 12.2. The van der Waals surface area contributed by atoms with Gasteiger partial charge in [0.2, 0.25) is 5.91 Å². The lowest BCUT2D eigenvalue weighted by molar-refractivity contribution is -0.131. The standard InChI is InChI=1S/C14H21N3O2/c1-19-9-8-17(11-13-4-2-3-7-15-13)14(18)10-16-12-5-6-12/h2-4,7,12,16H,5-6,8-11H2,1H3. The summed E-state index contributed by atoms with van der Waals surface area (Å²) in [6.45, 7) is 2.08. The number of methoxy groups -OCH3 is 1. The van der Waals surface area contributed by atoms with E-state index in [1.54, 1.807) is 18.2 Å². The van der Waals surface area contributed by atoms with Gasteiger partial charge in [-0.1, -0.05) is 6.07 Å². The third kappa shape index (κ3) is 4.96. The Hall–Kier alpha value is -1.46. The molecular weight excluding hydrogens is 242 g/mol. The first-order valence-electron chi connectivity index (χ1n) is 6.69. The van der Waals surface area contributed by atoms with Crippen molar-refractivity contribution in [1.29, 1.82) is 0 Å². The number of ether oxygens (including phenoxy) is 1. The predicted molar refractivity (Wildman–Crippen MR) is 72.6 cm³/mol. The van der Waals surface area contributed by atoms with Gasteiger partial charge in [-0.2, -0.15) is 0 Å². The molecule has 0 aliphatic heterocycles. The van der Waals surface area contributed by atoms with Crippen LogP contribution >= 0.6 is 0 Å². The summed E-state index contributed by atoms with van der Waals surface area (Å²) in [7, 11) is 1.64. The summed E-state index contributed by atoms with van der Waals surface area (Å²) in [5.74, 6) is 0.106. The van der Waals surface area contributed by atoms with E-state index in [0.29, 0.717) is 32.3 Å². The molecule has 5 nitrogen and oxygen atoms in total. The Bertz CT molecular complexity index is 393. The van der Waals surface area contributed by atoms with Crippen LogP contribution in [-0.4, -0.2) is 48.6 Å². The van der Waals surface area contributed by atoms with Gasteiger partial charge in [-0.25, -0.2) is 0 Å². The van der Waals surface area contributed by atoms with Crippen LogP contribution in [0.25, 0.3) is 0 Å². The zero-order valence-electron chi connectivity index (χ0n) is 11.3. The summed E-state index contributed by atoms with van der Waals surface area (Å²) in [6.07, 6.45) is 4.12. The first-order valence-corrected chi connectivity index (χ1v) is 6.69. The molecule has 0 unspecified atom stereocenters. The Balaban J connectivity index is 1.87. The van der Waals surface area contributed by atoms with Crippen molar-refractivity contribution in [2.24, 2.45) is 0 Å². The second kappa shape index (κ2) is 7.21. The summed E-state index contributed by atoms with van der Waals surface area (Å²) >= 11 is 0. The van der Waals surface area contributed by atoms with Crippen LogP contribution in [-0.2, 0) is 16.1 Å². The van der Waals surface area contributed by atoms with Crippen molar-refractivity contribution in [3.8, 4) is 0 Å². The lowest BCUT2D eigenvalue weighted by Gasteiger charge is -2.22. The van der Waals surface area contributed by atoms with Crippen molar-refractivity contribution in [1.82, 2.24) is 15.2 Å². The molecule has 19 heavy (non-hydrogen) atoms. The first kappa shape index (κ1) is 14.0. The van der Waals surface area contributed by atoms with Gasteiger partial charge in [0, 0.05) is 25.9 Å². The molecule has 1 aliphatic rings. The first-order chi connectivity index (χ1) is 9.29. The Labute approximate surface area is 114 Å². The number of aromatic nitrogens is 1. The fourth-order valence-electron chi connectivity index (χ4n) is 1.81. The van der Waals surface area contributed by atoms with Gasteiger partial charge in [-0.05, 0) is 25.0 Å². The van der Waals surface area contributed by atoms with Crippen molar-refractivity contribution in [2.75, 3.05) is 26.8 Å². The zero-order chi connectivity index (χ0) is 13.5. The fraction of sp³-hybridized carbons (Fsp3) is 0.571. The molecule has 5 heteroatoms. The third-order valence-electron chi connectivity index (χ3n) is 3.12. The van der Waals surface area contributed by atoms with Crippen LogP contribution in [0.15, 0.2) is 24.4 Å². The molecule has 1 amide bonds. The summed E-state index contributed by atoms with van der Waals surface area (Å²) in [5.41, 5.74) is 0.901. The quantitative estimate of drug-likeness (QED) is 0.754. The molecule has 0 saturated heterocycles. The minimum absolute atomic E-state index is 0.106. The molecule has 0 atom stereocenters. The lowest BCUT2D eigenvalue weighted by Crippen LogP contribution is -2.40. The van der Waals surface area contributed by atoms with Crippen LogP contribution in [0.2, 0.25) is 0 Å². The largest absolute Gasteiger partial charge is 0.383 e. The molecule has 1 N–H and O–H groups in total. The SMILES string of the molecule is COCCN(Cc1ccccn1)C(=O)CNC1CC1. The average Bonchev–Trinajstić information content (AvgIpc) is 3.26. The lowest BCUT2D eigenvalue weighted by atomic mass is 10.3. The molecule has 1 heterocycles. The van der Waals surface area contributed by atoms with E-state index < -0.39 is 0 Å². The molecule has 0 radical (unpaired) electrons. The smallest absolute Gasteiger partial charge is 0.236 e. The van der Waals surface area contributed by atoms with E-state index in [2.05, 4.69) is 10.3 Å². The number of rotatable bonds is 8. The van der Waals surface area contributed by atoms with Crippen molar-refractivity contribution < 1.29 is 9.53 Å². The number of carbonyl (C=O) groups excluding carboxylic acids is 1. The third-order valence-corrected chi connectivity index (χ3v) is 3.12. The monoisotopic (exact) mass is 263 g/mol. The number of hydrogen-bond acceptors (Lipinski definition) is 4. The van der Waals surface area contributed by atoms with Gasteiger partial charge in [0.25, 0.3) is 0 Å². The van der Waals surface area contributed by atoms with Crippen LogP contribution in [0, 0.1) is 0 Å². The summed E-state index contributed by atoms with van der Waals surface area (Å²) in [6, 6.07) is 6.29. The number of amides is 1. The van der Waals surface area contributed by atoms with Crippen molar-refractivity contribution in [2.45, 2.75) is 25.4 Å². The van der Waals surface area contributed by atoms with E-state index in [1.165, 1.54) is 12.8 Å². The second-order valence-electron chi connectivity index (χ2n) is 4.78. The number of nitrogens with zero attached hydrogens (tertiary/aromatic N) is 2. The number of nitrogens with one attached hydrogen (secondary N) is 1. The van der Waals surface area contributed by atoms with Crippen molar-refractivity contribution in [3.05, 3.63) is 30.1 Å². The highest BCUT2D eigenvalue weighted by molar-refractivity contribution is 5.78. The van der Waals surface area contributed by atoms with E-state index in [1.807, 2.05) is 18.2 Å². The highest BCUT2D eigenvalue weighted by Gasteiger charge is 2.23. The van der Waals surface area contributed by atoms with Crippen LogP contribution in [0.3, 0.4) is 0 Å². The van der Waals surface area contributed by atoms with Gasteiger partial charge in [0.05, 0.1) is 25.4 Å². The highest BCUT2D eigenvalue weighted by Crippen LogP contribution is 2.18. The molecule has 0 spiro atoms. The minimum Gasteiger partial charge on any atom is -0.383 e. The number of pyridine rings is 1. The molecule has 1 aromatic rings. The molecule has 1 saturated carbocycles. The highest BCUT2D eigenvalue weighted by atomic mass is 16.5. The number of carbonyl (C=O) groups is 1. The van der Waals surface area contributed by atoms with E-state index in [-0.39, 0.29) is 5.91 Å². The van der Waals surface area contributed by atoms with Gasteiger partial charge < -0.3 is 15.0 Å². The molecular formula is C14H21N3O2. The molecule has 1 aliphatic carbocycles. The van der Waals surface area contributed by atoms with E-state index >= 15 is 0 Å². The molecule has 2 rings (SSSR count). The summed E-state index contributed by atoms with van der Waals surface area (Å²) < 4.78 is 5.06. The number of hydrogen-bond donors (Lipinski definition) is 1. The summed E-state index contributed by atoms with van der Waals surface area (Å²) in [5, 5.41) is 3.25. The van der Waals surface area contributed by atoms with Crippen molar-refractivity contribution in [3.63, 3.8) is 0 Å². The molecule has 0 aromatic carbocycles. The van der Waals surface area contributed by atoms with Gasteiger partial charge in [-0.3, -0.25) is 9.78 Å². The van der Waals surface area contributed by atoms with Gasteiger partial charge >= 0.3 is 0 Å². The topological polar surface area (TPSA) is 54.5 Å². The van der Waals surface area contributed by atoms with E-state index in [4.69, 9.17) is 4.74 Å². The summed E-state index contributed by atoms with van der Waals surface area (Å²) in [4.78, 5) is 18.2. The van der Waals surface area contributed by atoms with Gasteiger partial charge in [0.1, 0.15) is 0 Å². The Morgan fingerprint density at radius 2 is 2.37 bits per heavy atom. The predicted octanol–water partition coefficient (Wildman–Crippen LogP) is 0.809. The Morgan fingerprint density at radius 3 is 3.00 bits per heavy atom. The van der Waals surface area contributed by atoms with Crippen LogP contribution < -0.4 is 5.32 Å². The van der Waals surface area contributed by atoms with E-state index in [9.17, 15) is 4.79 Å². The van der Waals surface area contributed by atoms with E-state index in [0.717, 1.165) is 5.69 Å². The normalized spacial score (nSPS) is 14.4. The average molecular weight is 263 g/mol. The van der Waals surface area contributed by atoms with Gasteiger partial charge in [0.15, 0.2) is 0 Å². The Kier molecular flexibility index (Phi) is 5.30. The minimum atomic E-state index is 0.106. The second-order valence-corrected chi connectivity index (χ2v) is 4.78. The van der Waals surface area contributed by atoms with Crippen molar-refractivity contribution >= 4 is 5.91 Å². The maximum Gasteiger partial charge on any atom is 0.236 e. The maximum atomic E-state index is 12.2. The molecule has 1 aromatic heterocycles. The molecule has 0 bridgehead atoms. The van der Waals surface area contributed by atoms with Crippen LogP contribution in [0.5, 0.6) is 0 Å². The fourth-order valence-corrected chi connectivity index (χ4v) is 1.81. The van der Waals surface area contributed by atoms with Crippen LogP contribution in [0.4, 0.5) is 0 Å². The van der Waals surface area contributed by atoms with Gasteiger partial charge in [-0.15, -0.1) is 0 Å². The van der Waals surface area contributed by atoms with Crippen LogP contribution in [0.1, 0.15) is 18.5 Å². The molecule has 104 valence electrons. The molecule has 1 fully saturated rings.